The molecule has 0 amide bonds. The predicted octanol–water partition coefficient (Wildman–Crippen LogP) is 4.01. The summed E-state index contributed by atoms with van der Waals surface area (Å²) >= 11 is 5.99. The molecule has 1 saturated carbocycles. The van der Waals surface area contributed by atoms with E-state index < -0.39 is 23.1 Å². The van der Waals surface area contributed by atoms with E-state index in [1.807, 2.05) is 12.1 Å². The van der Waals surface area contributed by atoms with Gasteiger partial charge in [0, 0.05) is 11.6 Å². The molecule has 29 heavy (non-hydrogen) atoms. The molecule has 1 aliphatic heterocycles. The first-order valence-corrected chi connectivity index (χ1v) is 11.0. The highest BCUT2D eigenvalue weighted by Crippen LogP contribution is 2.42. The minimum atomic E-state index is -1.53. The normalized spacial score (nSPS) is 21.4. The Morgan fingerprint density at radius 1 is 1.14 bits per heavy atom. The first-order valence-electron chi connectivity index (χ1n) is 10.6. The molecule has 0 radical (unpaired) electrons. The molecule has 1 saturated heterocycles. The van der Waals surface area contributed by atoms with Crippen LogP contribution in [0, 0.1) is 17.3 Å². The lowest BCUT2D eigenvalue weighted by Crippen LogP contribution is -2.50. The lowest BCUT2D eigenvalue weighted by molar-refractivity contribution is -0.155. The molecule has 1 heterocycles. The van der Waals surface area contributed by atoms with E-state index in [4.69, 9.17) is 11.6 Å². The number of nitrogens with zero attached hydrogens (tertiary/aromatic N) is 1. The largest absolute Gasteiger partial charge is 0.475 e. The van der Waals surface area contributed by atoms with Crippen molar-refractivity contribution in [2.24, 2.45) is 17.3 Å². The van der Waals surface area contributed by atoms with Crippen molar-refractivity contribution < 1.29 is 19.5 Å². The molecule has 1 unspecified atom stereocenters. The molecule has 0 aromatic heterocycles. The molecule has 0 bridgehead atoms. The van der Waals surface area contributed by atoms with Crippen LogP contribution in [-0.4, -0.2) is 47.7 Å². The van der Waals surface area contributed by atoms with Crippen molar-refractivity contribution in [3.8, 4) is 0 Å². The van der Waals surface area contributed by atoms with Gasteiger partial charge in [-0.3, -0.25) is 4.79 Å². The Hall–Kier alpha value is -1.72. The van der Waals surface area contributed by atoms with Crippen molar-refractivity contribution in [3.63, 3.8) is 0 Å². The number of hydrogen-bond donors (Lipinski definition) is 1. The zero-order valence-electron chi connectivity index (χ0n) is 16.8. The van der Waals surface area contributed by atoms with Crippen molar-refractivity contribution in [1.29, 1.82) is 0 Å². The van der Waals surface area contributed by atoms with Crippen LogP contribution in [0.3, 0.4) is 0 Å². The summed E-state index contributed by atoms with van der Waals surface area (Å²) < 4.78 is 0. The number of halogens is 1. The Bertz CT molecular complexity index is 719. The highest BCUT2D eigenvalue weighted by molar-refractivity contribution is 6.36. The average Bonchev–Trinajstić information content (AvgIpc) is 2.72. The zero-order valence-corrected chi connectivity index (χ0v) is 17.6. The van der Waals surface area contributed by atoms with Gasteiger partial charge in [-0.1, -0.05) is 43.0 Å². The van der Waals surface area contributed by atoms with Crippen LogP contribution in [0.1, 0.15) is 50.5 Å². The molecule has 2 fully saturated rings. The lowest BCUT2D eigenvalue weighted by atomic mass is 9.64. The number of carboxylic acids is 1. The first kappa shape index (κ1) is 22.0. The number of likely N-dealkylation sites (tertiary alicyclic amines) is 1. The fourth-order valence-electron chi connectivity index (χ4n) is 5.14. The molecule has 6 heteroatoms. The zero-order chi connectivity index (χ0) is 20.9. The Labute approximate surface area is 177 Å². The van der Waals surface area contributed by atoms with Gasteiger partial charge in [-0.05, 0) is 74.2 Å². The summed E-state index contributed by atoms with van der Waals surface area (Å²) in [5.41, 5.74) is 0.314. The van der Waals surface area contributed by atoms with E-state index >= 15 is 0 Å². The summed E-state index contributed by atoms with van der Waals surface area (Å²) in [5, 5.41) is 9.89. The van der Waals surface area contributed by atoms with E-state index in [9.17, 15) is 19.5 Å². The van der Waals surface area contributed by atoms with Crippen molar-refractivity contribution >= 4 is 29.6 Å². The molecule has 0 spiro atoms. The van der Waals surface area contributed by atoms with Crippen LogP contribution in [0.4, 0.5) is 0 Å². The number of aliphatic carboxylic acids is 1. The van der Waals surface area contributed by atoms with Crippen LogP contribution in [0.5, 0.6) is 0 Å². The molecule has 3 rings (SSSR count). The van der Waals surface area contributed by atoms with Gasteiger partial charge in [0.25, 0.3) is 5.78 Å². The summed E-state index contributed by atoms with van der Waals surface area (Å²) in [6.45, 7) is 2.65. The van der Waals surface area contributed by atoms with Crippen molar-refractivity contribution in [3.05, 3.63) is 34.9 Å². The van der Waals surface area contributed by atoms with E-state index in [0.29, 0.717) is 30.6 Å². The summed E-state index contributed by atoms with van der Waals surface area (Å²) in [6.07, 6.45) is 8.85. The van der Waals surface area contributed by atoms with Crippen molar-refractivity contribution in [1.82, 2.24) is 4.90 Å². The van der Waals surface area contributed by atoms with Crippen molar-refractivity contribution in [2.45, 2.75) is 51.4 Å². The van der Waals surface area contributed by atoms with Gasteiger partial charge in [-0.25, -0.2) is 4.79 Å². The van der Waals surface area contributed by atoms with Gasteiger partial charge in [0.1, 0.15) is 6.29 Å². The Balaban J connectivity index is 1.76. The summed E-state index contributed by atoms with van der Waals surface area (Å²) in [7, 11) is 0. The van der Waals surface area contributed by atoms with E-state index in [0.717, 1.165) is 31.1 Å². The number of ketones is 1. The molecular weight excluding hydrogens is 390 g/mol. The Morgan fingerprint density at radius 3 is 2.31 bits per heavy atom. The molecule has 5 nitrogen and oxygen atoms in total. The summed E-state index contributed by atoms with van der Waals surface area (Å²) in [5.74, 6) is -2.90. The van der Waals surface area contributed by atoms with Gasteiger partial charge in [0.05, 0.1) is 5.92 Å². The van der Waals surface area contributed by atoms with E-state index in [-0.39, 0.29) is 0 Å². The highest BCUT2D eigenvalue weighted by atomic mass is 35.5. The van der Waals surface area contributed by atoms with Crippen LogP contribution < -0.4 is 0 Å². The minimum absolute atomic E-state index is 0.504. The van der Waals surface area contributed by atoms with Gasteiger partial charge in [0.2, 0.25) is 0 Å². The van der Waals surface area contributed by atoms with Gasteiger partial charge in [-0.15, -0.1) is 0 Å². The van der Waals surface area contributed by atoms with Crippen LogP contribution in [-0.2, 0) is 20.8 Å². The standard InChI is InChI=1S/C23H30ClNO4/c24-19-8-6-17(7-9-19)14-23(20(16-26)21(27)22(28)29)10-12-25(13-11-23)15-18-4-2-1-3-5-18/h6-9,16,18,20H,1-5,10-15H2,(H,28,29). The van der Waals surface area contributed by atoms with Crippen LogP contribution in [0.2, 0.25) is 5.02 Å². The van der Waals surface area contributed by atoms with Gasteiger partial charge >= 0.3 is 5.97 Å². The average molecular weight is 420 g/mol. The molecule has 1 N–H and O–H groups in total. The molecule has 1 aromatic carbocycles. The summed E-state index contributed by atoms with van der Waals surface area (Å²) in [4.78, 5) is 38.0. The number of Topliss-reactive ketones (excluding diaryl/α,β-unsaturated/α-hetero) is 1. The number of carbonyl (C=O) groups excluding carboxylic acids is 2. The summed E-state index contributed by atoms with van der Waals surface area (Å²) in [6, 6.07) is 7.37. The number of carboxylic acid groups (broad SMARTS) is 1. The third kappa shape index (κ3) is 5.46. The second-order valence-corrected chi connectivity index (χ2v) is 9.19. The molecular formula is C23H30ClNO4. The third-order valence-electron chi connectivity index (χ3n) is 6.85. The number of aldehydes is 1. The molecule has 158 valence electrons. The fourth-order valence-corrected chi connectivity index (χ4v) is 5.27. The van der Waals surface area contributed by atoms with Crippen LogP contribution in [0.15, 0.2) is 24.3 Å². The third-order valence-corrected chi connectivity index (χ3v) is 7.10. The number of piperidine rings is 1. The molecule has 1 atom stereocenters. The smallest absolute Gasteiger partial charge is 0.372 e. The Kier molecular flexibility index (Phi) is 7.47. The Morgan fingerprint density at radius 2 is 1.76 bits per heavy atom. The number of hydrogen-bond acceptors (Lipinski definition) is 4. The number of benzene rings is 1. The van der Waals surface area contributed by atoms with Gasteiger partial charge in [-0.2, -0.15) is 0 Å². The second kappa shape index (κ2) is 9.86. The number of carbonyl (C=O) groups is 3. The molecule has 1 aromatic rings. The van der Waals surface area contributed by atoms with Gasteiger partial charge in [0.15, 0.2) is 0 Å². The topological polar surface area (TPSA) is 74.7 Å². The van der Waals surface area contributed by atoms with Crippen molar-refractivity contribution in [2.75, 3.05) is 19.6 Å². The quantitative estimate of drug-likeness (QED) is 0.391. The molecule has 1 aliphatic carbocycles. The highest BCUT2D eigenvalue weighted by Gasteiger charge is 2.46. The maximum Gasteiger partial charge on any atom is 0.372 e. The minimum Gasteiger partial charge on any atom is -0.475 e. The van der Waals surface area contributed by atoms with Crippen LogP contribution in [0.25, 0.3) is 0 Å². The fraction of sp³-hybridized carbons (Fsp3) is 0.609. The van der Waals surface area contributed by atoms with E-state index in [1.54, 1.807) is 12.1 Å². The van der Waals surface area contributed by atoms with Crippen LogP contribution >= 0.6 is 11.6 Å². The lowest BCUT2D eigenvalue weighted by Gasteiger charge is -2.45. The predicted molar refractivity (Wildman–Crippen MR) is 112 cm³/mol. The number of rotatable bonds is 8. The SMILES string of the molecule is O=CC(C(=O)C(=O)O)C1(Cc2ccc(Cl)cc2)CCN(CC2CCCCC2)CC1. The maximum atomic E-state index is 12.4. The first-order chi connectivity index (χ1) is 13.9. The van der Waals surface area contributed by atoms with Gasteiger partial charge < -0.3 is 14.8 Å². The second-order valence-electron chi connectivity index (χ2n) is 8.75. The van der Waals surface area contributed by atoms with E-state index in [2.05, 4.69) is 4.90 Å². The molecule has 2 aliphatic rings. The van der Waals surface area contributed by atoms with E-state index in [1.165, 1.54) is 32.1 Å². The maximum absolute atomic E-state index is 12.4. The monoisotopic (exact) mass is 419 g/mol.